The van der Waals surface area contributed by atoms with E-state index in [0.29, 0.717) is 11.3 Å². The molecule has 3 rings (SSSR count). The molecule has 1 aliphatic heterocycles. The van der Waals surface area contributed by atoms with Gasteiger partial charge in [0.15, 0.2) is 0 Å². The molecule has 166 valence electrons. The molecular formula is C25H34N4O2. The molecule has 1 heterocycles. The van der Waals surface area contributed by atoms with Gasteiger partial charge in [-0.25, -0.2) is 4.79 Å². The Bertz CT molecular complexity index is 935. The Labute approximate surface area is 185 Å². The minimum absolute atomic E-state index is 0.0893. The lowest BCUT2D eigenvalue weighted by Gasteiger charge is -2.31. The number of urea groups is 1. The molecule has 2 aromatic rings. The maximum absolute atomic E-state index is 13.0. The second-order valence-corrected chi connectivity index (χ2v) is 8.44. The number of nitrogens with one attached hydrogen (secondary N) is 3. The molecule has 0 unspecified atom stereocenters. The molecule has 6 heteroatoms. The van der Waals surface area contributed by atoms with E-state index in [1.165, 1.54) is 12.0 Å². The highest BCUT2D eigenvalue weighted by molar-refractivity contribution is 6.04. The summed E-state index contributed by atoms with van der Waals surface area (Å²) in [5.41, 5.74) is 5.16. The first-order valence-electron chi connectivity index (χ1n) is 11.2. The van der Waals surface area contributed by atoms with Gasteiger partial charge in [0, 0.05) is 36.2 Å². The Morgan fingerprint density at radius 2 is 1.58 bits per heavy atom. The van der Waals surface area contributed by atoms with Gasteiger partial charge < -0.3 is 20.9 Å². The first-order valence-corrected chi connectivity index (χ1v) is 11.2. The number of piperidine rings is 1. The molecule has 0 radical (unpaired) electrons. The Morgan fingerprint density at radius 3 is 2.23 bits per heavy atom. The number of carbonyl (C=O) groups excluding carboxylic acids is 2. The van der Waals surface area contributed by atoms with Crippen LogP contribution >= 0.6 is 0 Å². The predicted octanol–water partition coefficient (Wildman–Crippen LogP) is 5.47. The van der Waals surface area contributed by atoms with Crippen molar-refractivity contribution in [1.82, 2.24) is 5.32 Å². The Morgan fingerprint density at radius 1 is 0.935 bits per heavy atom. The van der Waals surface area contributed by atoms with Crippen molar-refractivity contribution in [2.45, 2.75) is 59.4 Å². The van der Waals surface area contributed by atoms with Crippen molar-refractivity contribution in [3.05, 3.63) is 53.1 Å². The molecule has 3 N–H and O–H groups in total. The number of rotatable bonds is 6. The van der Waals surface area contributed by atoms with E-state index in [2.05, 4.69) is 20.9 Å². The van der Waals surface area contributed by atoms with E-state index >= 15 is 0 Å². The second-order valence-electron chi connectivity index (χ2n) is 8.44. The smallest absolute Gasteiger partial charge is 0.323 e. The first kappa shape index (κ1) is 22.7. The molecule has 1 atom stereocenters. The normalized spacial score (nSPS) is 14.6. The van der Waals surface area contributed by atoms with Crippen molar-refractivity contribution in [2.75, 3.05) is 28.6 Å². The molecule has 2 aromatic carbocycles. The third-order valence-electron chi connectivity index (χ3n) is 5.95. The monoisotopic (exact) mass is 422 g/mol. The number of hydrogen-bond acceptors (Lipinski definition) is 3. The third kappa shape index (κ3) is 6.00. The molecule has 0 aromatic heterocycles. The van der Waals surface area contributed by atoms with Crippen LogP contribution in [0.15, 0.2) is 36.4 Å². The topological polar surface area (TPSA) is 73.5 Å². The van der Waals surface area contributed by atoms with E-state index in [1.807, 2.05) is 58.0 Å². The van der Waals surface area contributed by atoms with Crippen LogP contribution in [-0.2, 0) is 0 Å². The number of anilines is 3. The van der Waals surface area contributed by atoms with E-state index in [0.717, 1.165) is 49.3 Å². The van der Waals surface area contributed by atoms with Crippen molar-refractivity contribution >= 4 is 29.0 Å². The van der Waals surface area contributed by atoms with Gasteiger partial charge in [-0.15, -0.1) is 0 Å². The van der Waals surface area contributed by atoms with Gasteiger partial charge in [0.2, 0.25) is 0 Å². The zero-order valence-electron chi connectivity index (χ0n) is 19.0. The standard InChI is InChI=1S/C25H34N4O2/c1-5-19(4)26-24(30)22-16-21(11-12-23(22)29-13-7-6-8-14-29)28-25(31)27-20-10-9-17(2)18(3)15-20/h9-12,15-16,19H,5-8,13-14H2,1-4H3,(H,26,30)(H2,27,28,31)/t19-/m0/s1. The van der Waals surface area contributed by atoms with Gasteiger partial charge in [0.25, 0.3) is 5.91 Å². The molecule has 3 amide bonds. The molecule has 1 aliphatic rings. The van der Waals surface area contributed by atoms with Gasteiger partial charge in [-0.2, -0.15) is 0 Å². The molecule has 1 fully saturated rings. The predicted molar refractivity (Wildman–Crippen MR) is 128 cm³/mol. The van der Waals surface area contributed by atoms with Crippen molar-refractivity contribution in [3.8, 4) is 0 Å². The van der Waals surface area contributed by atoms with Crippen LogP contribution in [-0.4, -0.2) is 31.1 Å². The summed E-state index contributed by atoms with van der Waals surface area (Å²) in [7, 11) is 0. The quantitative estimate of drug-likeness (QED) is 0.578. The van der Waals surface area contributed by atoms with Crippen LogP contribution in [0, 0.1) is 13.8 Å². The van der Waals surface area contributed by atoms with Crippen LogP contribution in [0.25, 0.3) is 0 Å². The van der Waals surface area contributed by atoms with Crippen molar-refractivity contribution in [1.29, 1.82) is 0 Å². The summed E-state index contributed by atoms with van der Waals surface area (Å²) < 4.78 is 0. The van der Waals surface area contributed by atoms with Crippen molar-refractivity contribution in [2.24, 2.45) is 0 Å². The summed E-state index contributed by atoms with van der Waals surface area (Å²) in [6.07, 6.45) is 4.35. The number of nitrogens with zero attached hydrogens (tertiary/aromatic N) is 1. The zero-order valence-corrected chi connectivity index (χ0v) is 19.0. The fourth-order valence-corrected chi connectivity index (χ4v) is 3.72. The average Bonchev–Trinajstić information content (AvgIpc) is 2.76. The molecule has 0 saturated carbocycles. The van der Waals surface area contributed by atoms with E-state index in [9.17, 15) is 9.59 Å². The van der Waals surface area contributed by atoms with Crippen LogP contribution in [0.3, 0.4) is 0 Å². The molecule has 0 aliphatic carbocycles. The van der Waals surface area contributed by atoms with Crippen LogP contribution in [0.1, 0.15) is 61.0 Å². The molecule has 0 bridgehead atoms. The van der Waals surface area contributed by atoms with Crippen molar-refractivity contribution < 1.29 is 9.59 Å². The molecule has 0 spiro atoms. The average molecular weight is 423 g/mol. The molecular weight excluding hydrogens is 388 g/mol. The van der Waals surface area contributed by atoms with E-state index in [4.69, 9.17) is 0 Å². The Kier molecular flexibility index (Phi) is 7.55. The Balaban J connectivity index is 1.79. The maximum atomic E-state index is 13.0. The maximum Gasteiger partial charge on any atom is 0.323 e. The molecule has 6 nitrogen and oxygen atoms in total. The number of benzene rings is 2. The van der Waals surface area contributed by atoms with E-state index in [-0.39, 0.29) is 18.0 Å². The minimum Gasteiger partial charge on any atom is -0.371 e. The number of carbonyl (C=O) groups is 2. The number of hydrogen-bond donors (Lipinski definition) is 3. The van der Waals surface area contributed by atoms with Gasteiger partial charge in [0.05, 0.1) is 5.56 Å². The van der Waals surface area contributed by atoms with Gasteiger partial charge in [-0.3, -0.25) is 4.79 Å². The summed E-state index contributed by atoms with van der Waals surface area (Å²) in [6, 6.07) is 11.2. The summed E-state index contributed by atoms with van der Waals surface area (Å²) in [5, 5.41) is 8.80. The zero-order chi connectivity index (χ0) is 22.4. The fraction of sp³-hybridized carbons (Fsp3) is 0.440. The van der Waals surface area contributed by atoms with Crippen LogP contribution in [0.2, 0.25) is 0 Å². The lowest BCUT2D eigenvalue weighted by molar-refractivity contribution is 0.0939. The fourth-order valence-electron chi connectivity index (χ4n) is 3.72. The van der Waals surface area contributed by atoms with Gasteiger partial charge >= 0.3 is 6.03 Å². The first-order chi connectivity index (χ1) is 14.9. The van der Waals surface area contributed by atoms with E-state index < -0.39 is 0 Å². The molecule has 31 heavy (non-hydrogen) atoms. The summed E-state index contributed by atoms with van der Waals surface area (Å²) >= 11 is 0. The highest BCUT2D eigenvalue weighted by Gasteiger charge is 2.20. The summed E-state index contributed by atoms with van der Waals surface area (Å²) in [4.78, 5) is 27.8. The van der Waals surface area contributed by atoms with Gasteiger partial charge in [-0.1, -0.05) is 13.0 Å². The lowest BCUT2D eigenvalue weighted by atomic mass is 10.1. The highest BCUT2D eigenvalue weighted by atomic mass is 16.2. The van der Waals surface area contributed by atoms with Crippen LogP contribution in [0.5, 0.6) is 0 Å². The van der Waals surface area contributed by atoms with E-state index in [1.54, 1.807) is 6.07 Å². The largest absolute Gasteiger partial charge is 0.371 e. The third-order valence-corrected chi connectivity index (χ3v) is 5.95. The Hall–Kier alpha value is -3.02. The van der Waals surface area contributed by atoms with Crippen LogP contribution in [0.4, 0.5) is 21.9 Å². The molecule has 1 saturated heterocycles. The van der Waals surface area contributed by atoms with Crippen molar-refractivity contribution in [3.63, 3.8) is 0 Å². The number of aryl methyl sites for hydroxylation is 2. The minimum atomic E-state index is -0.331. The summed E-state index contributed by atoms with van der Waals surface area (Å²) in [5.74, 6) is -0.104. The summed E-state index contributed by atoms with van der Waals surface area (Å²) in [6.45, 7) is 9.99. The van der Waals surface area contributed by atoms with Crippen LogP contribution < -0.4 is 20.9 Å². The van der Waals surface area contributed by atoms with Gasteiger partial charge in [-0.05, 0) is 87.9 Å². The number of amides is 3. The second kappa shape index (κ2) is 10.3. The van der Waals surface area contributed by atoms with Gasteiger partial charge in [0.1, 0.15) is 0 Å². The lowest BCUT2D eigenvalue weighted by Crippen LogP contribution is -2.35. The SMILES string of the molecule is CC[C@H](C)NC(=O)c1cc(NC(=O)Nc2ccc(C)c(C)c2)ccc1N1CCCCC1. The highest BCUT2D eigenvalue weighted by Crippen LogP contribution is 2.27.